The van der Waals surface area contributed by atoms with Gasteiger partial charge in [-0.15, -0.1) is 0 Å². The summed E-state index contributed by atoms with van der Waals surface area (Å²) in [5, 5.41) is 7.38. The van der Waals surface area contributed by atoms with Crippen molar-refractivity contribution in [3.63, 3.8) is 0 Å². The summed E-state index contributed by atoms with van der Waals surface area (Å²) in [6.07, 6.45) is 9.12. The van der Waals surface area contributed by atoms with Crippen LogP contribution in [0.15, 0.2) is 16.9 Å². The molecule has 0 atom stereocenters. The molecule has 102 valence electrons. The maximum atomic E-state index is 5.18. The Morgan fingerprint density at radius 3 is 2.84 bits per heavy atom. The quantitative estimate of drug-likeness (QED) is 0.917. The van der Waals surface area contributed by atoms with Gasteiger partial charge in [-0.2, -0.15) is 0 Å². The van der Waals surface area contributed by atoms with E-state index in [9.17, 15) is 0 Å². The second-order valence-electron chi connectivity index (χ2n) is 5.25. The first kappa shape index (κ1) is 12.3. The Balaban J connectivity index is 1.72. The van der Waals surface area contributed by atoms with Crippen LogP contribution in [-0.2, 0) is 6.54 Å². The normalized spacial score (nSPS) is 16.1. The third-order valence-corrected chi connectivity index (χ3v) is 3.99. The number of nitrogens with one attached hydrogen (secondary N) is 1. The van der Waals surface area contributed by atoms with Crippen molar-refractivity contribution in [2.75, 3.05) is 5.32 Å². The second-order valence-corrected chi connectivity index (χ2v) is 5.25. The zero-order valence-electron chi connectivity index (χ0n) is 11.5. The van der Waals surface area contributed by atoms with Crippen molar-refractivity contribution in [1.29, 1.82) is 0 Å². The van der Waals surface area contributed by atoms with Crippen molar-refractivity contribution < 1.29 is 4.52 Å². The lowest BCUT2D eigenvalue weighted by Crippen LogP contribution is -2.11. The Morgan fingerprint density at radius 1 is 1.37 bits per heavy atom. The van der Waals surface area contributed by atoms with Crippen LogP contribution in [0.2, 0.25) is 0 Å². The SMILES string of the molecule is Cc1noc(C)c1CNc1nccn1C1CCCC1. The third kappa shape index (κ3) is 2.37. The molecule has 1 aliphatic rings. The molecule has 0 bridgehead atoms. The average Bonchev–Trinajstić information content (AvgIpc) is 3.09. The van der Waals surface area contributed by atoms with Gasteiger partial charge in [0.05, 0.1) is 5.69 Å². The minimum atomic E-state index is 0.606. The first-order valence-electron chi connectivity index (χ1n) is 6.94. The predicted octanol–water partition coefficient (Wildman–Crippen LogP) is 3.22. The van der Waals surface area contributed by atoms with E-state index in [0.717, 1.165) is 23.0 Å². The molecule has 0 amide bonds. The van der Waals surface area contributed by atoms with E-state index in [1.807, 2.05) is 20.0 Å². The van der Waals surface area contributed by atoms with Crippen molar-refractivity contribution in [2.45, 2.75) is 52.1 Å². The van der Waals surface area contributed by atoms with Crippen LogP contribution >= 0.6 is 0 Å². The molecule has 1 N–H and O–H groups in total. The highest BCUT2D eigenvalue weighted by Crippen LogP contribution is 2.31. The molecule has 1 saturated carbocycles. The van der Waals surface area contributed by atoms with E-state index in [1.165, 1.54) is 25.7 Å². The van der Waals surface area contributed by atoms with Gasteiger partial charge in [-0.1, -0.05) is 18.0 Å². The topological polar surface area (TPSA) is 55.9 Å². The molecule has 3 rings (SSSR count). The van der Waals surface area contributed by atoms with Crippen molar-refractivity contribution >= 4 is 5.95 Å². The van der Waals surface area contributed by atoms with Crippen molar-refractivity contribution in [2.24, 2.45) is 0 Å². The van der Waals surface area contributed by atoms with Gasteiger partial charge in [0.25, 0.3) is 0 Å². The fourth-order valence-electron chi connectivity index (χ4n) is 2.85. The molecular formula is C14H20N4O. The summed E-state index contributed by atoms with van der Waals surface area (Å²) in [5.74, 6) is 1.83. The number of hydrogen-bond donors (Lipinski definition) is 1. The van der Waals surface area contributed by atoms with Crippen LogP contribution in [0.3, 0.4) is 0 Å². The number of rotatable bonds is 4. The summed E-state index contributed by atoms with van der Waals surface area (Å²) in [4.78, 5) is 4.42. The molecule has 0 radical (unpaired) electrons. The number of aryl methyl sites for hydroxylation is 2. The van der Waals surface area contributed by atoms with E-state index in [1.54, 1.807) is 0 Å². The Morgan fingerprint density at radius 2 is 2.16 bits per heavy atom. The minimum absolute atomic E-state index is 0.606. The Labute approximate surface area is 113 Å². The smallest absolute Gasteiger partial charge is 0.203 e. The first-order chi connectivity index (χ1) is 9.25. The fourth-order valence-corrected chi connectivity index (χ4v) is 2.85. The van der Waals surface area contributed by atoms with Crippen LogP contribution in [0.5, 0.6) is 0 Å². The molecule has 1 fully saturated rings. The van der Waals surface area contributed by atoms with Gasteiger partial charge in [-0.05, 0) is 26.7 Å². The zero-order valence-corrected chi connectivity index (χ0v) is 11.5. The third-order valence-electron chi connectivity index (χ3n) is 3.99. The predicted molar refractivity (Wildman–Crippen MR) is 73.0 cm³/mol. The molecule has 5 heteroatoms. The van der Waals surface area contributed by atoms with Crippen molar-refractivity contribution in [3.05, 3.63) is 29.4 Å². The van der Waals surface area contributed by atoms with E-state index in [2.05, 4.69) is 26.2 Å². The zero-order chi connectivity index (χ0) is 13.2. The van der Waals surface area contributed by atoms with Gasteiger partial charge in [-0.25, -0.2) is 4.98 Å². The molecule has 1 aliphatic carbocycles. The summed E-state index contributed by atoms with van der Waals surface area (Å²) in [5.41, 5.74) is 2.07. The molecule has 0 saturated heterocycles. The van der Waals surface area contributed by atoms with Gasteiger partial charge in [0.15, 0.2) is 0 Å². The number of anilines is 1. The van der Waals surface area contributed by atoms with Gasteiger partial charge >= 0.3 is 0 Å². The maximum Gasteiger partial charge on any atom is 0.203 e. The van der Waals surface area contributed by atoms with Crippen LogP contribution < -0.4 is 5.32 Å². The fraction of sp³-hybridized carbons (Fsp3) is 0.571. The van der Waals surface area contributed by atoms with E-state index >= 15 is 0 Å². The molecule has 19 heavy (non-hydrogen) atoms. The number of imidazole rings is 1. The van der Waals surface area contributed by atoms with E-state index in [0.29, 0.717) is 12.6 Å². The van der Waals surface area contributed by atoms with Gasteiger partial charge in [0, 0.05) is 30.5 Å². The number of hydrogen-bond acceptors (Lipinski definition) is 4. The largest absolute Gasteiger partial charge is 0.361 e. The standard InChI is InChI=1S/C14H20N4O/c1-10-13(11(2)19-17-10)9-16-14-15-7-8-18(14)12-5-3-4-6-12/h7-8,12H,3-6,9H2,1-2H3,(H,15,16). The van der Waals surface area contributed by atoms with Crippen LogP contribution in [0.25, 0.3) is 0 Å². The molecule has 5 nitrogen and oxygen atoms in total. The first-order valence-corrected chi connectivity index (χ1v) is 6.94. The monoisotopic (exact) mass is 260 g/mol. The van der Waals surface area contributed by atoms with Gasteiger partial charge in [0.1, 0.15) is 5.76 Å². The summed E-state index contributed by atoms with van der Waals surface area (Å²) < 4.78 is 7.45. The van der Waals surface area contributed by atoms with Crippen molar-refractivity contribution in [3.8, 4) is 0 Å². The van der Waals surface area contributed by atoms with Gasteiger partial charge in [-0.3, -0.25) is 0 Å². The molecule has 0 spiro atoms. The molecule has 0 unspecified atom stereocenters. The Bertz CT molecular complexity index is 532. The van der Waals surface area contributed by atoms with Crippen LogP contribution in [0, 0.1) is 13.8 Å². The highest BCUT2D eigenvalue weighted by Gasteiger charge is 2.19. The lowest BCUT2D eigenvalue weighted by atomic mass is 10.2. The average molecular weight is 260 g/mol. The maximum absolute atomic E-state index is 5.18. The number of nitrogens with zero attached hydrogens (tertiary/aromatic N) is 3. The molecule has 0 aromatic carbocycles. The van der Waals surface area contributed by atoms with Crippen LogP contribution in [-0.4, -0.2) is 14.7 Å². The lowest BCUT2D eigenvalue weighted by Gasteiger charge is -2.15. The Kier molecular flexibility index (Phi) is 3.27. The van der Waals surface area contributed by atoms with Crippen LogP contribution in [0.4, 0.5) is 5.95 Å². The highest BCUT2D eigenvalue weighted by molar-refractivity contribution is 5.31. The van der Waals surface area contributed by atoms with Gasteiger partial charge < -0.3 is 14.4 Å². The van der Waals surface area contributed by atoms with Crippen LogP contribution in [0.1, 0.15) is 48.7 Å². The molecule has 0 aliphatic heterocycles. The van der Waals surface area contributed by atoms with E-state index < -0.39 is 0 Å². The molecule has 2 heterocycles. The van der Waals surface area contributed by atoms with E-state index in [-0.39, 0.29) is 0 Å². The minimum Gasteiger partial charge on any atom is -0.361 e. The van der Waals surface area contributed by atoms with E-state index in [4.69, 9.17) is 4.52 Å². The summed E-state index contributed by atoms with van der Waals surface area (Å²) >= 11 is 0. The Hall–Kier alpha value is -1.78. The lowest BCUT2D eigenvalue weighted by molar-refractivity contribution is 0.392. The van der Waals surface area contributed by atoms with Crippen molar-refractivity contribution in [1.82, 2.24) is 14.7 Å². The number of aromatic nitrogens is 3. The van der Waals surface area contributed by atoms with Gasteiger partial charge in [0.2, 0.25) is 5.95 Å². The molecule has 2 aromatic heterocycles. The molecule has 2 aromatic rings. The summed E-state index contributed by atoms with van der Waals surface area (Å²) in [6, 6.07) is 0.606. The highest BCUT2D eigenvalue weighted by atomic mass is 16.5. The summed E-state index contributed by atoms with van der Waals surface area (Å²) in [7, 11) is 0. The summed E-state index contributed by atoms with van der Waals surface area (Å²) in [6.45, 7) is 4.63. The second kappa shape index (κ2) is 5.07. The molecular weight excluding hydrogens is 240 g/mol.